The van der Waals surface area contributed by atoms with E-state index in [2.05, 4.69) is 15.4 Å². The average molecular weight is 383 g/mol. The summed E-state index contributed by atoms with van der Waals surface area (Å²) in [5.74, 6) is -0.361. The molecule has 1 N–H and O–H groups in total. The van der Waals surface area contributed by atoms with Crippen LogP contribution in [-0.4, -0.2) is 20.7 Å². The van der Waals surface area contributed by atoms with Crippen molar-refractivity contribution in [2.45, 2.75) is 26.8 Å². The third-order valence-electron chi connectivity index (χ3n) is 4.26. The standard InChI is InChI=1S/C20H19ClN4O2/c1-12-4-6-15(7-5-12)18-11-22-25(20(27)24-18)14(3)19(26)23-17-9-8-16(21)10-13(17)2/h4-11,14H,1-3H3,(H,23,26)/t14-/m1/s1. The van der Waals surface area contributed by atoms with Crippen molar-refractivity contribution in [3.63, 3.8) is 0 Å². The van der Waals surface area contributed by atoms with Crippen LogP contribution in [0.1, 0.15) is 24.1 Å². The monoisotopic (exact) mass is 382 g/mol. The molecule has 0 aliphatic carbocycles. The number of nitrogens with one attached hydrogen (secondary N) is 1. The quantitative estimate of drug-likeness (QED) is 0.745. The Labute approximate surface area is 161 Å². The molecule has 0 aliphatic heterocycles. The van der Waals surface area contributed by atoms with Crippen LogP contribution in [0.15, 0.2) is 53.5 Å². The summed E-state index contributed by atoms with van der Waals surface area (Å²) >= 11 is 5.93. The highest BCUT2D eigenvalue weighted by Gasteiger charge is 2.19. The molecular weight excluding hydrogens is 364 g/mol. The summed E-state index contributed by atoms with van der Waals surface area (Å²) in [7, 11) is 0. The Hall–Kier alpha value is -2.99. The Bertz CT molecular complexity index is 1040. The van der Waals surface area contributed by atoms with Gasteiger partial charge in [0.2, 0.25) is 5.91 Å². The minimum absolute atomic E-state index is 0.361. The lowest BCUT2D eigenvalue weighted by atomic mass is 10.1. The molecule has 0 spiro atoms. The van der Waals surface area contributed by atoms with Crippen molar-refractivity contribution in [3.8, 4) is 11.3 Å². The van der Waals surface area contributed by atoms with Gasteiger partial charge < -0.3 is 5.32 Å². The van der Waals surface area contributed by atoms with Gasteiger partial charge in [0.15, 0.2) is 0 Å². The third-order valence-corrected chi connectivity index (χ3v) is 4.49. The van der Waals surface area contributed by atoms with Gasteiger partial charge in [0.25, 0.3) is 0 Å². The predicted octanol–water partition coefficient (Wildman–Crippen LogP) is 3.78. The van der Waals surface area contributed by atoms with Crippen molar-refractivity contribution in [1.82, 2.24) is 14.8 Å². The Balaban J connectivity index is 1.81. The number of benzene rings is 2. The number of amides is 1. The molecule has 3 aromatic rings. The minimum atomic E-state index is -0.813. The Morgan fingerprint density at radius 1 is 1.15 bits per heavy atom. The topological polar surface area (TPSA) is 76.9 Å². The maximum absolute atomic E-state index is 12.5. The number of aromatic nitrogens is 3. The lowest BCUT2D eigenvalue weighted by molar-refractivity contribution is -0.119. The van der Waals surface area contributed by atoms with Gasteiger partial charge in [-0.1, -0.05) is 41.4 Å². The van der Waals surface area contributed by atoms with Crippen molar-refractivity contribution in [1.29, 1.82) is 0 Å². The van der Waals surface area contributed by atoms with E-state index in [0.29, 0.717) is 16.4 Å². The molecule has 0 aliphatic rings. The number of hydrogen-bond acceptors (Lipinski definition) is 4. The van der Waals surface area contributed by atoms with E-state index in [-0.39, 0.29) is 5.91 Å². The summed E-state index contributed by atoms with van der Waals surface area (Å²) in [6, 6.07) is 12.0. The van der Waals surface area contributed by atoms with E-state index in [4.69, 9.17) is 11.6 Å². The van der Waals surface area contributed by atoms with E-state index in [1.54, 1.807) is 25.1 Å². The van der Waals surface area contributed by atoms with Gasteiger partial charge >= 0.3 is 5.69 Å². The van der Waals surface area contributed by atoms with Crippen molar-refractivity contribution < 1.29 is 4.79 Å². The summed E-state index contributed by atoms with van der Waals surface area (Å²) < 4.78 is 1.07. The van der Waals surface area contributed by atoms with Crippen LogP contribution in [0, 0.1) is 13.8 Å². The summed E-state index contributed by atoms with van der Waals surface area (Å²) in [4.78, 5) is 29.0. The molecule has 1 atom stereocenters. The number of halogens is 1. The highest BCUT2D eigenvalue weighted by molar-refractivity contribution is 6.30. The second-order valence-corrected chi connectivity index (χ2v) is 6.80. The fourth-order valence-electron chi connectivity index (χ4n) is 2.59. The zero-order valence-electron chi connectivity index (χ0n) is 15.2. The first kappa shape index (κ1) is 18.8. The summed E-state index contributed by atoms with van der Waals surface area (Å²) in [5.41, 5.74) is 3.26. The van der Waals surface area contributed by atoms with Crippen LogP contribution < -0.4 is 11.0 Å². The van der Waals surface area contributed by atoms with E-state index in [1.807, 2.05) is 38.1 Å². The summed E-state index contributed by atoms with van der Waals surface area (Å²) in [6.07, 6.45) is 1.49. The van der Waals surface area contributed by atoms with E-state index in [1.165, 1.54) is 6.20 Å². The third kappa shape index (κ3) is 4.23. The van der Waals surface area contributed by atoms with Crippen LogP contribution in [0.2, 0.25) is 5.02 Å². The van der Waals surface area contributed by atoms with Gasteiger partial charge in [-0.05, 0) is 44.5 Å². The number of rotatable bonds is 4. The molecule has 1 aromatic heterocycles. The normalized spacial score (nSPS) is 11.9. The predicted molar refractivity (Wildman–Crippen MR) is 106 cm³/mol. The number of hydrogen-bond donors (Lipinski definition) is 1. The van der Waals surface area contributed by atoms with Crippen LogP contribution in [0.4, 0.5) is 5.69 Å². The first-order valence-corrected chi connectivity index (χ1v) is 8.83. The zero-order chi connectivity index (χ0) is 19.6. The summed E-state index contributed by atoms with van der Waals surface area (Å²) in [5, 5.41) is 7.52. The Morgan fingerprint density at radius 3 is 2.48 bits per heavy atom. The van der Waals surface area contributed by atoms with Crippen molar-refractivity contribution in [2.75, 3.05) is 5.32 Å². The number of nitrogens with zero attached hydrogens (tertiary/aromatic N) is 3. The highest BCUT2D eigenvalue weighted by atomic mass is 35.5. The largest absolute Gasteiger partial charge is 0.365 e. The molecule has 2 aromatic carbocycles. The van der Waals surface area contributed by atoms with Gasteiger partial charge in [-0.25, -0.2) is 9.48 Å². The molecule has 0 radical (unpaired) electrons. The van der Waals surface area contributed by atoms with Crippen LogP contribution in [0.3, 0.4) is 0 Å². The molecule has 7 heteroatoms. The van der Waals surface area contributed by atoms with Crippen LogP contribution in [-0.2, 0) is 4.79 Å². The molecule has 138 valence electrons. The van der Waals surface area contributed by atoms with Gasteiger partial charge in [-0.15, -0.1) is 0 Å². The second-order valence-electron chi connectivity index (χ2n) is 6.36. The van der Waals surface area contributed by atoms with Gasteiger partial charge in [-0.3, -0.25) is 4.79 Å². The van der Waals surface area contributed by atoms with Crippen LogP contribution in [0.25, 0.3) is 11.3 Å². The molecule has 27 heavy (non-hydrogen) atoms. The van der Waals surface area contributed by atoms with Gasteiger partial charge in [0.05, 0.1) is 11.9 Å². The molecule has 1 heterocycles. The molecule has 3 rings (SSSR count). The Morgan fingerprint density at radius 2 is 1.85 bits per heavy atom. The molecule has 6 nitrogen and oxygen atoms in total. The molecular formula is C20H19ClN4O2. The number of carbonyl (C=O) groups is 1. The maximum Gasteiger partial charge on any atom is 0.365 e. The van der Waals surface area contributed by atoms with E-state index in [0.717, 1.165) is 21.4 Å². The SMILES string of the molecule is Cc1ccc(-c2cnn([C@H](C)C(=O)Nc3ccc(Cl)cc3C)c(=O)n2)cc1. The summed E-state index contributed by atoms with van der Waals surface area (Å²) in [6.45, 7) is 5.42. The highest BCUT2D eigenvalue weighted by Crippen LogP contribution is 2.21. The Kier molecular flexibility index (Phi) is 5.37. The fourth-order valence-corrected chi connectivity index (χ4v) is 2.82. The number of carbonyl (C=O) groups excluding carboxylic acids is 1. The fraction of sp³-hybridized carbons (Fsp3) is 0.200. The molecule has 0 saturated carbocycles. The lowest BCUT2D eigenvalue weighted by Gasteiger charge is -2.15. The molecule has 0 fully saturated rings. The van der Waals surface area contributed by atoms with E-state index < -0.39 is 11.7 Å². The lowest BCUT2D eigenvalue weighted by Crippen LogP contribution is -2.35. The van der Waals surface area contributed by atoms with Crippen molar-refractivity contribution >= 4 is 23.2 Å². The van der Waals surface area contributed by atoms with E-state index in [9.17, 15) is 9.59 Å². The first-order valence-electron chi connectivity index (χ1n) is 8.45. The number of aryl methyl sites for hydroxylation is 2. The molecule has 0 bridgehead atoms. The van der Waals surface area contributed by atoms with Crippen LogP contribution in [0.5, 0.6) is 0 Å². The van der Waals surface area contributed by atoms with Crippen molar-refractivity contribution in [2.24, 2.45) is 0 Å². The minimum Gasteiger partial charge on any atom is -0.324 e. The van der Waals surface area contributed by atoms with Gasteiger partial charge in [0.1, 0.15) is 6.04 Å². The molecule has 1 amide bonds. The van der Waals surface area contributed by atoms with Gasteiger partial charge in [0, 0.05) is 16.3 Å². The van der Waals surface area contributed by atoms with Gasteiger partial charge in [-0.2, -0.15) is 10.1 Å². The van der Waals surface area contributed by atoms with E-state index >= 15 is 0 Å². The van der Waals surface area contributed by atoms with Crippen molar-refractivity contribution in [3.05, 3.63) is 75.3 Å². The molecule has 0 saturated heterocycles. The average Bonchev–Trinajstić information content (AvgIpc) is 2.64. The maximum atomic E-state index is 12.5. The number of anilines is 1. The van der Waals surface area contributed by atoms with Crippen LogP contribution >= 0.6 is 11.6 Å². The zero-order valence-corrected chi connectivity index (χ0v) is 16.0. The smallest absolute Gasteiger partial charge is 0.324 e. The first-order chi connectivity index (χ1) is 12.8. The second kappa shape index (κ2) is 7.72. The molecule has 0 unspecified atom stereocenters.